The van der Waals surface area contributed by atoms with Gasteiger partial charge in [-0.05, 0) is 90.7 Å². The average Bonchev–Trinajstić information content (AvgIpc) is 3.10. The van der Waals surface area contributed by atoms with E-state index in [9.17, 15) is 44.0 Å². The van der Waals surface area contributed by atoms with E-state index in [1.807, 2.05) is 35.5 Å². The number of aromatic hydroxyl groups is 1. The molecule has 0 amide bonds. The lowest BCUT2D eigenvalue weighted by Crippen LogP contribution is -2.23. The van der Waals surface area contributed by atoms with Gasteiger partial charge in [-0.25, -0.2) is 4.58 Å². The van der Waals surface area contributed by atoms with Crippen molar-refractivity contribution in [3.8, 4) is 5.75 Å². The standard InChI is InChI=1S/C37H36N2O10S3/c1-3-38(24-26-9-20-33(21-10-26)50(41,42)43)30-15-11-27(12-16-30)37(34-22-19-32(40)23-36(34)52(47,48)49)28-13-17-31(18-14-28)39(4-2)25-29-7-5-6-8-35(29)51(44,45)46/h5-23H,3-4,24-25H2,1-2H3,(H3,41,42,43,44,45,46,47,48,49)/p+1. The van der Waals surface area contributed by atoms with E-state index in [2.05, 4.69) is 0 Å². The van der Waals surface area contributed by atoms with E-state index in [4.69, 9.17) is 0 Å². The monoisotopic (exact) mass is 765 g/mol. The molecule has 0 fully saturated rings. The summed E-state index contributed by atoms with van der Waals surface area (Å²) in [6, 6.07) is 22.9. The van der Waals surface area contributed by atoms with Crippen molar-refractivity contribution < 1.29 is 48.6 Å². The van der Waals surface area contributed by atoms with Gasteiger partial charge in [0.25, 0.3) is 30.4 Å². The first-order chi connectivity index (χ1) is 24.5. The molecule has 0 saturated carbocycles. The molecule has 52 heavy (non-hydrogen) atoms. The van der Waals surface area contributed by atoms with Crippen LogP contribution in [0.5, 0.6) is 5.75 Å². The Morgan fingerprint density at radius 3 is 1.87 bits per heavy atom. The van der Waals surface area contributed by atoms with Crippen LogP contribution in [0.4, 0.5) is 5.69 Å². The highest BCUT2D eigenvalue weighted by Gasteiger charge is 2.24. The van der Waals surface area contributed by atoms with Crippen molar-refractivity contribution in [2.24, 2.45) is 0 Å². The second-order valence-corrected chi connectivity index (χ2v) is 16.1. The third-order valence-corrected chi connectivity index (χ3v) is 11.2. The summed E-state index contributed by atoms with van der Waals surface area (Å²) in [5.41, 5.74) is 4.48. The van der Waals surface area contributed by atoms with Crippen LogP contribution in [0.1, 0.15) is 36.1 Å². The van der Waals surface area contributed by atoms with E-state index in [1.165, 1.54) is 36.4 Å². The summed E-state index contributed by atoms with van der Waals surface area (Å²) in [4.78, 5) is 1.02. The summed E-state index contributed by atoms with van der Waals surface area (Å²) in [6.45, 7) is 5.52. The first-order valence-electron chi connectivity index (χ1n) is 16.0. The van der Waals surface area contributed by atoms with Gasteiger partial charge >= 0.3 is 0 Å². The van der Waals surface area contributed by atoms with Crippen LogP contribution in [0.2, 0.25) is 0 Å². The number of nitrogens with zero attached hydrogens (tertiary/aromatic N) is 2. The average molecular weight is 766 g/mol. The first kappa shape index (κ1) is 38.3. The minimum Gasteiger partial charge on any atom is -0.508 e. The smallest absolute Gasteiger partial charge is 0.295 e. The van der Waals surface area contributed by atoms with Crippen LogP contribution in [0.3, 0.4) is 0 Å². The van der Waals surface area contributed by atoms with E-state index in [0.29, 0.717) is 41.9 Å². The number of hydrogen-bond donors (Lipinski definition) is 4. The van der Waals surface area contributed by atoms with Crippen molar-refractivity contribution in [2.75, 3.05) is 18.0 Å². The lowest BCUT2D eigenvalue weighted by atomic mass is 9.90. The summed E-state index contributed by atoms with van der Waals surface area (Å²) in [5, 5.41) is 10.1. The molecule has 1 aliphatic carbocycles. The van der Waals surface area contributed by atoms with Gasteiger partial charge in [-0.15, -0.1) is 0 Å². The third kappa shape index (κ3) is 8.93. The molecule has 272 valence electrons. The van der Waals surface area contributed by atoms with Crippen molar-refractivity contribution in [3.63, 3.8) is 0 Å². The molecule has 0 aliphatic heterocycles. The molecule has 5 rings (SSSR count). The molecular weight excluding hydrogens is 729 g/mol. The molecule has 4 N–H and O–H groups in total. The SMILES string of the molecule is CCN(Cc1ccccc1S(=O)(=O)O)c1ccc(C(=C2C=CC(=[N+](CC)Cc3ccc(S(=O)(=O)O)cc3)C=C2)c2ccc(O)cc2S(=O)(=O)O)cc1. The zero-order valence-electron chi connectivity index (χ0n) is 28.2. The second-order valence-electron chi connectivity index (χ2n) is 11.9. The van der Waals surface area contributed by atoms with Crippen molar-refractivity contribution in [1.82, 2.24) is 0 Å². The van der Waals surface area contributed by atoms with Gasteiger partial charge in [0.1, 0.15) is 17.2 Å². The summed E-state index contributed by atoms with van der Waals surface area (Å²) in [5.74, 6) is -0.353. The molecule has 1 aliphatic rings. The van der Waals surface area contributed by atoms with Gasteiger partial charge in [-0.2, -0.15) is 25.3 Å². The molecular formula is C37H37N2O10S3+. The van der Waals surface area contributed by atoms with Gasteiger partial charge in [0, 0.05) is 48.1 Å². The minimum atomic E-state index is -4.79. The number of benzene rings is 4. The van der Waals surface area contributed by atoms with Gasteiger partial charge in [0.15, 0.2) is 12.3 Å². The largest absolute Gasteiger partial charge is 0.508 e. The lowest BCUT2D eigenvalue weighted by Gasteiger charge is -2.25. The summed E-state index contributed by atoms with van der Waals surface area (Å²) in [6.07, 6.45) is 7.29. The molecule has 4 aromatic rings. The van der Waals surface area contributed by atoms with Crippen LogP contribution in [-0.4, -0.2) is 67.4 Å². The molecule has 4 aromatic carbocycles. The summed E-state index contributed by atoms with van der Waals surface area (Å²) in [7, 11) is -13.6. The highest BCUT2D eigenvalue weighted by atomic mass is 32.2. The normalized spacial score (nSPS) is 13.3. The Morgan fingerprint density at radius 1 is 0.692 bits per heavy atom. The fraction of sp³-hybridized carbons (Fsp3) is 0.162. The van der Waals surface area contributed by atoms with Crippen LogP contribution in [-0.2, 0) is 43.4 Å². The molecule has 15 heteroatoms. The van der Waals surface area contributed by atoms with Crippen LogP contribution >= 0.6 is 0 Å². The molecule has 0 heterocycles. The van der Waals surface area contributed by atoms with Crippen LogP contribution < -0.4 is 4.90 Å². The van der Waals surface area contributed by atoms with E-state index in [0.717, 1.165) is 23.0 Å². The maximum atomic E-state index is 12.6. The van der Waals surface area contributed by atoms with Crippen molar-refractivity contribution in [1.29, 1.82) is 0 Å². The Labute approximate surface area is 303 Å². The van der Waals surface area contributed by atoms with E-state index >= 15 is 0 Å². The van der Waals surface area contributed by atoms with Gasteiger partial charge < -0.3 is 10.0 Å². The fourth-order valence-electron chi connectivity index (χ4n) is 5.94. The predicted molar refractivity (Wildman–Crippen MR) is 197 cm³/mol. The first-order valence-corrected chi connectivity index (χ1v) is 20.3. The van der Waals surface area contributed by atoms with Crippen LogP contribution in [0.25, 0.3) is 5.57 Å². The van der Waals surface area contributed by atoms with Gasteiger partial charge in [0.2, 0.25) is 0 Å². The molecule has 0 radical (unpaired) electrons. The Balaban J connectivity index is 1.56. The predicted octanol–water partition coefficient (Wildman–Crippen LogP) is 5.76. The number of hydrogen-bond acceptors (Lipinski definition) is 8. The molecule has 0 atom stereocenters. The van der Waals surface area contributed by atoms with Crippen molar-refractivity contribution in [3.05, 3.63) is 143 Å². The highest BCUT2D eigenvalue weighted by Crippen LogP contribution is 2.36. The lowest BCUT2D eigenvalue weighted by molar-refractivity contribution is -0.539. The molecule has 0 aromatic heterocycles. The second kappa shape index (κ2) is 15.4. The quantitative estimate of drug-likeness (QED) is 0.101. The fourth-order valence-corrected chi connectivity index (χ4v) is 7.85. The van der Waals surface area contributed by atoms with E-state index in [1.54, 1.807) is 60.7 Å². The zero-order valence-corrected chi connectivity index (χ0v) is 30.6. The number of phenols is 1. The van der Waals surface area contributed by atoms with E-state index < -0.39 is 35.2 Å². The van der Waals surface area contributed by atoms with E-state index in [-0.39, 0.29) is 27.6 Å². The Hall–Kier alpha value is -4.90. The highest BCUT2D eigenvalue weighted by molar-refractivity contribution is 7.86. The van der Waals surface area contributed by atoms with Crippen LogP contribution in [0, 0.1) is 0 Å². The molecule has 12 nitrogen and oxygen atoms in total. The maximum Gasteiger partial charge on any atom is 0.295 e. The number of allylic oxidation sites excluding steroid dienone is 5. The Morgan fingerprint density at radius 2 is 1.31 bits per heavy atom. The van der Waals surface area contributed by atoms with Gasteiger partial charge in [-0.1, -0.05) is 42.5 Å². The van der Waals surface area contributed by atoms with Crippen molar-refractivity contribution >= 4 is 47.3 Å². The Kier molecular flexibility index (Phi) is 11.3. The number of anilines is 1. The number of phenolic OH excluding ortho intramolecular Hbond substituents is 1. The summed E-state index contributed by atoms with van der Waals surface area (Å²) < 4.78 is 103. The Bertz CT molecular complexity index is 2430. The van der Waals surface area contributed by atoms with Crippen molar-refractivity contribution in [2.45, 2.75) is 41.6 Å². The van der Waals surface area contributed by atoms with Gasteiger partial charge in [-0.3, -0.25) is 13.7 Å². The molecule has 0 unspecified atom stereocenters. The number of rotatable bonds is 12. The van der Waals surface area contributed by atoms with Gasteiger partial charge in [0.05, 0.1) is 9.79 Å². The zero-order chi connectivity index (χ0) is 37.8. The molecule has 0 bridgehead atoms. The topological polar surface area (TPSA) is 190 Å². The third-order valence-electron chi connectivity index (χ3n) is 8.52. The van der Waals surface area contributed by atoms with Crippen LogP contribution in [0.15, 0.2) is 136 Å². The summed E-state index contributed by atoms with van der Waals surface area (Å²) >= 11 is 0. The maximum absolute atomic E-state index is 12.6. The molecule has 0 spiro atoms. The minimum absolute atomic E-state index is 0.140. The molecule has 0 saturated heterocycles.